The third-order valence-electron chi connectivity index (χ3n) is 5.32. The van der Waals surface area contributed by atoms with Gasteiger partial charge in [-0.15, -0.1) is 0 Å². The van der Waals surface area contributed by atoms with Crippen molar-refractivity contribution in [3.05, 3.63) is 95.0 Å². The molecule has 2 aromatic carbocycles. The lowest BCUT2D eigenvalue weighted by atomic mass is 10.1. The van der Waals surface area contributed by atoms with Crippen LogP contribution in [0, 0.1) is 0 Å². The largest absolute Gasteiger partial charge is 0.349 e. The van der Waals surface area contributed by atoms with Crippen molar-refractivity contribution in [2.45, 2.75) is 38.8 Å². The number of hydrogen-bond donors (Lipinski definition) is 1. The zero-order chi connectivity index (χ0) is 21.6. The van der Waals surface area contributed by atoms with Crippen molar-refractivity contribution in [2.75, 3.05) is 0 Å². The van der Waals surface area contributed by atoms with Gasteiger partial charge in [-0.05, 0) is 42.3 Å². The third-order valence-corrected chi connectivity index (χ3v) is 5.69. The fraction of sp³-hybridized carbons (Fsp3) is 0.240. The molecule has 0 bridgehead atoms. The fourth-order valence-electron chi connectivity index (χ4n) is 3.83. The molecule has 5 nitrogen and oxygen atoms in total. The molecule has 4 aromatic rings. The number of benzene rings is 2. The van der Waals surface area contributed by atoms with Crippen molar-refractivity contribution in [3.63, 3.8) is 0 Å². The van der Waals surface area contributed by atoms with Crippen LogP contribution in [-0.2, 0) is 17.8 Å². The Labute approximate surface area is 187 Å². The lowest BCUT2D eigenvalue weighted by Crippen LogP contribution is -2.33. The van der Waals surface area contributed by atoms with Gasteiger partial charge in [0.05, 0.1) is 23.3 Å². The van der Waals surface area contributed by atoms with E-state index >= 15 is 0 Å². The van der Waals surface area contributed by atoms with Gasteiger partial charge in [-0.2, -0.15) is 0 Å². The number of rotatable bonds is 8. The molecule has 1 amide bonds. The van der Waals surface area contributed by atoms with Crippen LogP contribution in [0.5, 0.6) is 0 Å². The van der Waals surface area contributed by atoms with E-state index < -0.39 is 0 Å². The van der Waals surface area contributed by atoms with Gasteiger partial charge in [-0.3, -0.25) is 9.78 Å². The normalized spacial score (nSPS) is 12.1. The molecule has 0 aliphatic carbocycles. The maximum Gasteiger partial charge on any atom is 0.243 e. The number of imidazole rings is 1. The molecule has 0 fully saturated rings. The second-order valence-electron chi connectivity index (χ2n) is 7.50. The van der Waals surface area contributed by atoms with E-state index in [0.29, 0.717) is 24.4 Å². The smallest absolute Gasteiger partial charge is 0.243 e. The minimum Gasteiger partial charge on any atom is -0.349 e. The maximum atomic E-state index is 13.3. The Morgan fingerprint density at radius 3 is 2.61 bits per heavy atom. The first-order valence-corrected chi connectivity index (χ1v) is 10.9. The highest BCUT2D eigenvalue weighted by atomic mass is 35.5. The standard InChI is InChI=1S/C25H25ClN4O/c1-2-9-23(25(31)28-17-19-11-7-8-15-27-19)30-22-14-6-5-13-21(22)29-24(30)16-18-10-3-4-12-20(18)26/h3-8,10-15,23H,2,9,16-17H2,1H3,(H,28,31)/t23-/m0/s1. The van der Waals surface area contributed by atoms with E-state index in [9.17, 15) is 4.79 Å². The molecule has 0 saturated heterocycles. The van der Waals surface area contributed by atoms with Gasteiger partial charge in [0.25, 0.3) is 0 Å². The van der Waals surface area contributed by atoms with Gasteiger partial charge in [0.15, 0.2) is 0 Å². The molecule has 1 N–H and O–H groups in total. The lowest BCUT2D eigenvalue weighted by molar-refractivity contribution is -0.124. The summed E-state index contributed by atoms with van der Waals surface area (Å²) in [6.07, 6.45) is 3.88. The molecule has 0 saturated carbocycles. The zero-order valence-electron chi connectivity index (χ0n) is 17.5. The van der Waals surface area contributed by atoms with E-state index in [0.717, 1.165) is 34.5 Å². The molecule has 0 aliphatic rings. The number of carbonyl (C=O) groups is 1. The van der Waals surface area contributed by atoms with E-state index in [1.165, 1.54) is 0 Å². The Morgan fingerprint density at radius 2 is 1.84 bits per heavy atom. The number of nitrogens with zero attached hydrogens (tertiary/aromatic N) is 3. The van der Waals surface area contributed by atoms with Crippen molar-refractivity contribution < 1.29 is 4.79 Å². The number of carbonyl (C=O) groups excluding carboxylic acids is 1. The Bertz CT molecular complexity index is 1170. The molecule has 0 radical (unpaired) electrons. The second-order valence-corrected chi connectivity index (χ2v) is 7.91. The van der Waals surface area contributed by atoms with Crippen molar-refractivity contribution >= 4 is 28.5 Å². The minimum absolute atomic E-state index is 0.0314. The van der Waals surface area contributed by atoms with E-state index in [-0.39, 0.29) is 11.9 Å². The number of hydrogen-bond acceptors (Lipinski definition) is 3. The number of pyridine rings is 1. The average molecular weight is 433 g/mol. The Kier molecular flexibility index (Phi) is 6.63. The number of aromatic nitrogens is 3. The summed E-state index contributed by atoms with van der Waals surface area (Å²) in [5.74, 6) is 0.803. The number of nitrogens with one attached hydrogen (secondary N) is 1. The van der Waals surface area contributed by atoms with Crippen LogP contribution in [0.25, 0.3) is 11.0 Å². The lowest BCUT2D eigenvalue weighted by Gasteiger charge is -2.21. The van der Waals surface area contributed by atoms with Crippen molar-refractivity contribution in [1.82, 2.24) is 19.9 Å². The van der Waals surface area contributed by atoms with Gasteiger partial charge in [-0.25, -0.2) is 4.98 Å². The third kappa shape index (κ3) is 4.78. The van der Waals surface area contributed by atoms with Gasteiger partial charge in [0.2, 0.25) is 5.91 Å². The van der Waals surface area contributed by atoms with Gasteiger partial charge in [-0.1, -0.05) is 61.3 Å². The second kappa shape index (κ2) is 9.75. The Morgan fingerprint density at radius 1 is 1.06 bits per heavy atom. The van der Waals surface area contributed by atoms with Crippen LogP contribution in [0.1, 0.15) is 42.9 Å². The van der Waals surface area contributed by atoms with Crippen LogP contribution in [0.2, 0.25) is 5.02 Å². The zero-order valence-corrected chi connectivity index (χ0v) is 18.2. The molecule has 0 unspecified atom stereocenters. The molecule has 2 heterocycles. The quantitative estimate of drug-likeness (QED) is 0.409. The number of para-hydroxylation sites is 2. The highest BCUT2D eigenvalue weighted by molar-refractivity contribution is 6.31. The van der Waals surface area contributed by atoms with Gasteiger partial charge >= 0.3 is 0 Å². The monoisotopic (exact) mass is 432 g/mol. The summed E-state index contributed by atoms with van der Waals surface area (Å²) in [7, 11) is 0. The highest BCUT2D eigenvalue weighted by Gasteiger charge is 2.25. The molecule has 0 spiro atoms. The van der Waals surface area contributed by atoms with Crippen molar-refractivity contribution in [1.29, 1.82) is 0 Å². The molecule has 2 aromatic heterocycles. The highest BCUT2D eigenvalue weighted by Crippen LogP contribution is 2.28. The van der Waals surface area contributed by atoms with Crippen LogP contribution >= 0.6 is 11.6 Å². The Hall–Kier alpha value is -3.18. The van der Waals surface area contributed by atoms with Crippen LogP contribution < -0.4 is 5.32 Å². The number of amides is 1. The summed E-state index contributed by atoms with van der Waals surface area (Å²) < 4.78 is 2.08. The average Bonchev–Trinajstić information content (AvgIpc) is 3.15. The van der Waals surface area contributed by atoms with Crippen LogP contribution in [0.3, 0.4) is 0 Å². The molecule has 31 heavy (non-hydrogen) atoms. The molecule has 1 atom stereocenters. The minimum atomic E-state index is -0.362. The van der Waals surface area contributed by atoms with E-state index in [1.54, 1.807) is 6.20 Å². The van der Waals surface area contributed by atoms with Crippen LogP contribution in [0.4, 0.5) is 0 Å². The first kappa shape index (κ1) is 21.1. The molecule has 4 rings (SSSR count). The summed E-state index contributed by atoms with van der Waals surface area (Å²) in [5, 5.41) is 3.76. The van der Waals surface area contributed by atoms with Crippen molar-refractivity contribution in [2.24, 2.45) is 0 Å². The predicted octanol–water partition coefficient (Wildman–Crippen LogP) is 5.33. The topological polar surface area (TPSA) is 59.8 Å². The molecule has 0 aliphatic heterocycles. The van der Waals surface area contributed by atoms with E-state index in [4.69, 9.17) is 16.6 Å². The Balaban J connectivity index is 1.70. The van der Waals surface area contributed by atoms with Gasteiger partial charge < -0.3 is 9.88 Å². The predicted molar refractivity (Wildman–Crippen MR) is 124 cm³/mol. The maximum absolute atomic E-state index is 13.3. The molecular weight excluding hydrogens is 408 g/mol. The summed E-state index contributed by atoms with van der Waals surface area (Å²) in [6.45, 7) is 2.48. The summed E-state index contributed by atoms with van der Waals surface area (Å²) in [6, 6.07) is 21.1. The van der Waals surface area contributed by atoms with Crippen LogP contribution in [-0.4, -0.2) is 20.4 Å². The van der Waals surface area contributed by atoms with Gasteiger partial charge in [0.1, 0.15) is 11.9 Å². The fourth-order valence-corrected chi connectivity index (χ4v) is 4.03. The summed E-state index contributed by atoms with van der Waals surface area (Å²) >= 11 is 6.42. The molecule has 158 valence electrons. The number of halogens is 1. The van der Waals surface area contributed by atoms with Crippen LogP contribution in [0.15, 0.2) is 72.9 Å². The van der Waals surface area contributed by atoms with E-state index in [1.807, 2.05) is 66.7 Å². The molecular formula is C25H25ClN4O. The number of fused-ring (bicyclic) bond motifs is 1. The van der Waals surface area contributed by atoms with E-state index in [2.05, 4.69) is 21.8 Å². The first-order valence-electron chi connectivity index (χ1n) is 10.5. The first-order chi connectivity index (χ1) is 15.2. The SMILES string of the molecule is CCC[C@@H](C(=O)NCc1ccccn1)n1c(Cc2ccccc2Cl)nc2ccccc21. The summed E-state index contributed by atoms with van der Waals surface area (Å²) in [4.78, 5) is 22.5. The molecule has 6 heteroatoms. The van der Waals surface area contributed by atoms with Crippen molar-refractivity contribution in [3.8, 4) is 0 Å². The summed E-state index contributed by atoms with van der Waals surface area (Å²) in [5.41, 5.74) is 3.65. The van der Waals surface area contributed by atoms with Gasteiger partial charge in [0, 0.05) is 17.6 Å².